The lowest BCUT2D eigenvalue weighted by molar-refractivity contribution is 0.472. The van der Waals surface area contributed by atoms with Crippen LogP contribution in [-0.2, 0) is 5.41 Å². The van der Waals surface area contributed by atoms with E-state index in [1.807, 2.05) is 0 Å². The maximum atomic E-state index is 7.04. The van der Waals surface area contributed by atoms with Crippen molar-refractivity contribution in [1.29, 1.82) is 0 Å². The van der Waals surface area contributed by atoms with Crippen LogP contribution in [0.1, 0.15) is 25.0 Å². The third-order valence-corrected chi connectivity index (χ3v) is 10.8. The molecule has 8 aromatic rings. The summed E-state index contributed by atoms with van der Waals surface area (Å²) in [6, 6.07) is 65.3. The molecule has 52 heavy (non-hydrogen) atoms. The molecule has 3 nitrogen and oxygen atoms in total. The number of benzene rings is 8. The van der Waals surface area contributed by atoms with Crippen LogP contribution in [0.15, 0.2) is 182 Å². The molecule has 2 heterocycles. The highest BCUT2D eigenvalue weighted by Crippen LogP contribution is 2.62. The number of nitrogens with zero attached hydrogens (tertiary/aromatic N) is 2. The van der Waals surface area contributed by atoms with Crippen LogP contribution in [-0.4, -0.2) is 0 Å². The Hall–Kier alpha value is -6.58. The van der Waals surface area contributed by atoms with Gasteiger partial charge in [0.15, 0.2) is 11.5 Å². The summed E-state index contributed by atoms with van der Waals surface area (Å²) >= 11 is 0. The lowest BCUT2D eigenvalue weighted by Crippen LogP contribution is -2.32. The fraction of sp³-hybridized carbons (Fsp3) is 0.0612. The van der Waals surface area contributed by atoms with Gasteiger partial charge in [0.05, 0.1) is 22.7 Å². The molecular weight excluding hydrogens is 633 g/mol. The molecule has 0 spiro atoms. The van der Waals surface area contributed by atoms with Gasteiger partial charge in [-0.3, -0.25) is 0 Å². The highest BCUT2D eigenvalue weighted by atomic mass is 16.5. The molecule has 2 aliphatic heterocycles. The number of hydrogen-bond donors (Lipinski definition) is 0. The molecule has 0 saturated carbocycles. The van der Waals surface area contributed by atoms with Crippen molar-refractivity contribution in [2.24, 2.45) is 0 Å². The van der Waals surface area contributed by atoms with Gasteiger partial charge >= 0.3 is 0 Å². The van der Waals surface area contributed by atoms with Crippen molar-refractivity contribution in [3.63, 3.8) is 0 Å². The standard InChI is InChI=1S/C49H36N2O/c1-49(2)41-19-8-9-20-43(41)51-44-21-10-11-22-46(44)52-48-45(32-31-42(49)47(48)51)50(37-27-23-34(24-28-37)33-13-4-3-5-14-33)38-29-25-36(26-30-38)40-18-12-16-35-15-6-7-17-39(35)40/h3-32H,1-2H3. The van der Waals surface area contributed by atoms with Crippen LogP contribution < -0.4 is 14.5 Å². The van der Waals surface area contributed by atoms with Crippen LogP contribution >= 0.6 is 0 Å². The molecule has 2 aliphatic rings. The monoisotopic (exact) mass is 668 g/mol. The maximum Gasteiger partial charge on any atom is 0.175 e. The second-order valence-electron chi connectivity index (χ2n) is 14.2. The van der Waals surface area contributed by atoms with Gasteiger partial charge in [-0.1, -0.05) is 147 Å². The van der Waals surface area contributed by atoms with Gasteiger partial charge < -0.3 is 14.5 Å². The molecule has 0 saturated heterocycles. The zero-order chi connectivity index (χ0) is 34.8. The predicted octanol–water partition coefficient (Wildman–Crippen LogP) is 13.9. The number of anilines is 6. The van der Waals surface area contributed by atoms with Gasteiger partial charge in [-0.25, -0.2) is 0 Å². The van der Waals surface area contributed by atoms with Gasteiger partial charge in [0, 0.05) is 16.8 Å². The average Bonchev–Trinajstić information content (AvgIpc) is 3.20. The fourth-order valence-electron chi connectivity index (χ4n) is 8.24. The lowest BCUT2D eigenvalue weighted by atomic mass is 9.73. The molecule has 0 unspecified atom stereocenters. The Kier molecular flexibility index (Phi) is 6.84. The van der Waals surface area contributed by atoms with Gasteiger partial charge in [0.2, 0.25) is 0 Å². The minimum atomic E-state index is -0.229. The van der Waals surface area contributed by atoms with Crippen molar-refractivity contribution in [3.8, 4) is 33.8 Å². The quantitative estimate of drug-likeness (QED) is 0.182. The number of fused-ring (bicyclic) bond motifs is 5. The Morgan fingerprint density at radius 3 is 1.88 bits per heavy atom. The summed E-state index contributed by atoms with van der Waals surface area (Å²) in [5.74, 6) is 1.69. The zero-order valence-corrected chi connectivity index (χ0v) is 29.1. The Bertz CT molecular complexity index is 2620. The van der Waals surface area contributed by atoms with Crippen molar-refractivity contribution in [3.05, 3.63) is 193 Å². The number of hydrogen-bond acceptors (Lipinski definition) is 3. The molecule has 0 aliphatic carbocycles. The number of para-hydroxylation sites is 3. The summed E-state index contributed by atoms with van der Waals surface area (Å²) in [5, 5.41) is 2.49. The molecule has 0 N–H and O–H groups in total. The molecule has 0 aromatic heterocycles. The van der Waals surface area contributed by atoms with Crippen molar-refractivity contribution >= 4 is 44.9 Å². The third-order valence-electron chi connectivity index (χ3n) is 10.8. The maximum absolute atomic E-state index is 7.04. The summed E-state index contributed by atoms with van der Waals surface area (Å²) in [4.78, 5) is 4.75. The highest BCUT2D eigenvalue weighted by molar-refractivity contribution is 5.99. The Morgan fingerprint density at radius 1 is 0.481 bits per heavy atom. The molecule has 0 bridgehead atoms. The van der Waals surface area contributed by atoms with E-state index in [4.69, 9.17) is 4.74 Å². The van der Waals surface area contributed by atoms with E-state index in [0.29, 0.717) is 0 Å². The van der Waals surface area contributed by atoms with Crippen LogP contribution in [0, 0.1) is 0 Å². The van der Waals surface area contributed by atoms with Crippen molar-refractivity contribution in [2.75, 3.05) is 9.80 Å². The summed E-state index contributed by atoms with van der Waals surface area (Å²) < 4.78 is 7.04. The first kappa shape index (κ1) is 30.3. The minimum Gasteiger partial charge on any atom is -0.451 e. The molecule has 0 amide bonds. The Balaban J connectivity index is 1.18. The topological polar surface area (TPSA) is 15.7 Å². The number of ether oxygens (including phenoxy) is 1. The summed E-state index contributed by atoms with van der Waals surface area (Å²) in [5.41, 5.74) is 13.5. The van der Waals surface area contributed by atoms with E-state index < -0.39 is 0 Å². The van der Waals surface area contributed by atoms with Gasteiger partial charge in [-0.15, -0.1) is 0 Å². The van der Waals surface area contributed by atoms with Crippen molar-refractivity contribution < 1.29 is 4.74 Å². The smallest absolute Gasteiger partial charge is 0.175 e. The lowest BCUT2D eigenvalue weighted by Gasteiger charge is -2.45. The van der Waals surface area contributed by atoms with Gasteiger partial charge in [-0.2, -0.15) is 0 Å². The molecule has 248 valence electrons. The molecule has 8 aromatic carbocycles. The summed E-state index contributed by atoms with van der Waals surface area (Å²) in [7, 11) is 0. The van der Waals surface area contributed by atoms with E-state index >= 15 is 0 Å². The van der Waals surface area contributed by atoms with Gasteiger partial charge in [0.25, 0.3) is 0 Å². The van der Waals surface area contributed by atoms with E-state index in [1.165, 1.54) is 49.8 Å². The highest BCUT2D eigenvalue weighted by Gasteiger charge is 2.43. The van der Waals surface area contributed by atoms with E-state index in [0.717, 1.165) is 39.9 Å². The number of rotatable bonds is 5. The van der Waals surface area contributed by atoms with Crippen LogP contribution in [0.3, 0.4) is 0 Å². The minimum absolute atomic E-state index is 0.229. The van der Waals surface area contributed by atoms with Crippen molar-refractivity contribution in [2.45, 2.75) is 19.3 Å². The molecule has 0 radical (unpaired) electrons. The van der Waals surface area contributed by atoms with Crippen LogP contribution in [0.2, 0.25) is 0 Å². The molecule has 10 rings (SSSR count). The first-order valence-corrected chi connectivity index (χ1v) is 17.9. The first-order chi connectivity index (χ1) is 25.6. The SMILES string of the molecule is CC1(C)c2ccccc2N2c3ccccc3Oc3c(N(c4ccc(-c5ccccc5)cc4)c4ccc(-c5cccc6ccccc56)cc4)ccc1c32. The van der Waals surface area contributed by atoms with E-state index in [-0.39, 0.29) is 5.41 Å². The van der Waals surface area contributed by atoms with E-state index in [1.54, 1.807) is 0 Å². The molecule has 0 atom stereocenters. The molecule has 3 heteroatoms. The van der Waals surface area contributed by atoms with Crippen molar-refractivity contribution in [1.82, 2.24) is 0 Å². The first-order valence-electron chi connectivity index (χ1n) is 17.9. The third kappa shape index (κ3) is 4.66. The second-order valence-corrected chi connectivity index (χ2v) is 14.2. The summed E-state index contributed by atoms with van der Waals surface area (Å²) in [6.07, 6.45) is 0. The van der Waals surface area contributed by atoms with E-state index in [2.05, 4.69) is 206 Å². The van der Waals surface area contributed by atoms with Crippen LogP contribution in [0.5, 0.6) is 11.5 Å². The normalized spacial score (nSPS) is 13.5. The zero-order valence-electron chi connectivity index (χ0n) is 29.1. The summed E-state index contributed by atoms with van der Waals surface area (Å²) in [6.45, 7) is 4.65. The van der Waals surface area contributed by atoms with Gasteiger partial charge in [0.1, 0.15) is 0 Å². The van der Waals surface area contributed by atoms with Gasteiger partial charge in [-0.05, 0) is 92.7 Å². The van der Waals surface area contributed by atoms with Crippen LogP contribution in [0.4, 0.5) is 34.1 Å². The Labute approximate surface area is 304 Å². The van der Waals surface area contributed by atoms with E-state index in [9.17, 15) is 0 Å². The fourth-order valence-corrected chi connectivity index (χ4v) is 8.24. The van der Waals surface area contributed by atoms with Crippen LogP contribution in [0.25, 0.3) is 33.0 Å². The average molecular weight is 669 g/mol. The predicted molar refractivity (Wildman–Crippen MR) is 216 cm³/mol. The molecular formula is C49H36N2O. The Morgan fingerprint density at radius 2 is 1.10 bits per heavy atom. The second kappa shape index (κ2) is 11.8. The molecule has 0 fully saturated rings. The largest absolute Gasteiger partial charge is 0.451 e.